The van der Waals surface area contributed by atoms with Crippen LogP contribution < -0.4 is 19.6 Å². The third-order valence-corrected chi connectivity index (χ3v) is 5.55. The normalized spacial score (nSPS) is 12.0. The van der Waals surface area contributed by atoms with Crippen LogP contribution >= 0.6 is 22.9 Å². The van der Waals surface area contributed by atoms with Crippen molar-refractivity contribution in [2.24, 2.45) is 0 Å². The predicted octanol–water partition coefficient (Wildman–Crippen LogP) is 4.10. The van der Waals surface area contributed by atoms with Crippen LogP contribution in [0.5, 0.6) is 11.5 Å². The first-order valence-corrected chi connectivity index (χ1v) is 10.5. The topological polar surface area (TPSA) is 65.7 Å². The Morgan fingerprint density at radius 2 is 1.90 bits per heavy atom. The molecule has 2 aromatic heterocycles. The van der Waals surface area contributed by atoms with E-state index >= 15 is 0 Å². The van der Waals surface area contributed by atoms with E-state index in [0.717, 1.165) is 11.1 Å². The molecule has 2 heterocycles. The highest BCUT2D eigenvalue weighted by atomic mass is 35.5. The molecule has 31 heavy (non-hydrogen) atoms. The molecule has 156 valence electrons. The summed E-state index contributed by atoms with van der Waals surface area (Å²) in [6.07, 6.45) is 7.08. The van der Waals surface area contributed by atoms with Crippen LogP contribution in [0.2, 0.25) is 5.02 Å². The lowest BCUT2D eigenvalue weighted by Gasteiger charge is -2.09. The number of methoxy groups -OCH3 is 1. The zero-order chi connectivity index (χ0) is 21.8. The Hall–Kier alpha value is -3.42. The number of ether oxygens (including phenoxy) is 2. The van der Waals surface area contributed by atoms with Gasteiger partial charge < -0.3 is 9.47 Å². The van der Waals surface area contributed by atoms with Crippen LogP contribution in [0, 0.1) is 0 Å². The number of fused-ring (bicyclic) bond motifs is 1. The van der Waals surface area contributed by atoms with Gasteiger partial charge in [0, 0.05) is 5.02 Å². The second kappa shape index (κ2) is 9.16. The summed E-state index contributed by atoms with van der Waals surface area (Å²) in [6.45, 7) is 4.02. The maximum Gasteiger partial charge on any atom is 0.291 e. The van der Waals surface area contributed by atoms with Crippen LogP contribution in [0.15, 0.2) is 59.9 Å². The van der Waals surface area contributed by atoms with Crippen molar-refractivity contribution in [1.29, 1.82) is 0 Å². The Bertz CT molecular complexity index is 1370. The van der Waals surface area contributed by atoms with E-state index in [2.05, 4.69) is 16.7 Å². The molecule has 0 saturated heterocycles. The fraction of sp³-hybridized carbons (Fsp3) is 0.0870. The molecule has 0 N–H and O–H groups in total. The molecule has 0 radical (unpaired) electrons. The molecule has 0 amide bonds. The van der Waals surface area contributed by atoms with E-state index < -0.39 is 0 Å². The summed E-state index contributed by atoms with van der Waals surface area (Å²) in [5.74, 6) is 1.66. The second-order valence-corrected chi connectivity index (χ2v) is 7.92. The van der Waals surface area contributed by atoms with E-state index in [4.69, 9.17) is 21.1 Å². The molecule has 0 saturated carbocycles. The van der Waals surface area contributed by atoms with Crippen LogP contribution in [-0.2, 0) is 0 Å². The predicted molar refractivity (Wildman–Crippen MR) is 125 cm³/mol. The molecular weight excluding hydrogens is 434 g/mol. The summed E-state index contributed by atoms with van der Waals surface area (Å²) in [5.41, 5.74) is 1.56. The number of nitrogens with zero attached hydrogens (tertiary/aromatic N) is 3. The first kappa shape index (κ1) is 20.8. The van der Waals surface area contributed by atoms with Crippen molar-refractivity contribution in [3.05, 3.63) is 92.0 Å². The van der Waals surface area contributed by atoms with E-state index in [1.54, 1.807) is 31.4 Å². The molecule has 6 nitrogen and oxygen atoms in total. The van der Waals surface area contributed by atoms with Crippen molar-refractivity contribution in [2.75, 3.05) is 13.7 Å². The monoisotopic (exact) mass is 451 g/mol. The molecule has 0 aliphatic carbocycles. The Kier molecular flexibility index (Phi) is 6.16. The van der Waals surface area contributed by atoms with Crippen molar-refractivity contribution >= 4 is 46.1 Å². The number of hydrogen-bond acceptors (Lipinski definition) is 6. The highest BCUT2D eigenvalue weighted by Crippen LogP contribution is 2.28. The summed E-state index contributed by atoms with van der Waals surface area (Å²) in [4.78, 5) is 17.7. The van der Waals surface area contributed by atoms with Gasteiger partial charge in [0.15, 0.2) is 17.3 Å². The molecule has 0 spiro atoms. The van der Waals surface area contributed by atoms with Gasteiger partial charge in [-0.2, -0.15) is 9.50 Å². The molecule has 0 fully saturated rings. The van der Waals surface area contributed by atoms with E-state index in [9.17, 15) is 4.79 Å². The Balaban J connectivity index is 1.62. The highest BCUT2D eigenvalue weighted by molar-refractivity contribution is 7.15. The van der Waals surface area contributed by atoms with Crippen molar-refractivity contribution in [2.45, 2.75) is 0 Å². The van der Waals surface area contributed by atoms with Gasteiger partial charge in [-0.3, -0.25) is 4.79 Å². The lowest BCUT2D eigenvalue weighted by atomic mass is 10.2. The summed E-state index contributed by atoms with van der Waals surface area (Å²) in [7, 11) is 1.57. The zero-order valence-corrected chi connectivity index (χ0v) is 18.2. The lowest BCUT2D eigenvalue weighted by Crippen LogP contribution is -2.23. The average Bonchev–Trinajstić information content (AvgIpc) is 3.31. The van der Waals surface area contributed by atoms with Crippen LogP contribution in [0.3, 0.4) is 0 Å². The van der Waals surface area contributed by atoms with Gasteiger partial charge in [0.2, 0.25) is 4.96 Å². The quantitative estimate of drug-likeness (QED) is 0.396. The van der Waals surface area contributed by atoms with Crippen LogP contribution in [0.25, 0.3) is 23.2 Å². The van der Waals surface area contributed by atoms with Crippen LogP contribution in [-0.4, -0.2) is 28.3 Å². The Labute approximate surface area is 187 Å². The number of rotatable bonds is 7. The van der Waals surface area contributed by atoms with Gasteiger partial charge in [-0.1, -0.05) is 59.9 Å². The highest BCUT2D eigenvalue weighted by Gasteiger charge is 2.10. The Morgan fingerprint density at radius 3 is 2.61 bits per heavy atom. The largest absolute Gasteiger partial charge is 0.493 e. The molecule has 0 aliphatic heterocycles. The van der Waals surface area contributed by atoms with Gasteiger partial charge in [-0.15, -0.1) is 5.10 Å². The fourth-order valence-electron chi connectivity index (χ4n) is 2.86. The second-order valence-electron chi connectivity index (χ2n) is 6.48. The van der Waals surface area contributed by atoms with E-state index in [1.165, 1.54) is 15.9 Å². The molecule has 0 atom stereocenters. The minimum absolute atomic E-state index is 0.218. The standard InChI is InChI=1S/C23H18ClN3O3S/c1-3-12-30-18-10-6-16(13-19(18)29-2)14-20-22(28)27-23(31-20)25-21(26-27)11-7-15-4-8-17(24)9-5-15/h3-11,13-14H,1,12H2,2H3/b11-7+,20-14+. The molecule has 0 bridgehead atoms. The molecule has 4 rings (SSSR count). The van der Waals surface area contributed by atoms with Crippen molar-refractivity contribution < 1.29 is 9.47 Å². The summed E-state index contributed by atoms with van der Waals surface area (Å²) in [6, 6.07) is 12.9. The number of thiazole rings is 1. The van der Waals surface area contributed by atoms with Gasteiger partial charge in [0.05, 0.1) is 11.6 Å². The van der Waals surface area contributed by atoms with Crippen LogP contribution in [0.4, 0.5) is 0 Å². The van der Waals surface area contributed by atoms with E-state index in [1.807, 2.05) is 42.5 Å². The molecular formula is C23H18ClN3O3S. The number of halogens is 1. The van der Waals surface area contributed by atoms with Gasteiger partial charge in [0.1, 0.15) is 6.61 Å². The van der Waals surface area contributed by atoms with Crippen LogP contribution in [0.1, 0.15) is 17.0 Å². The summed E-state index contributed by atoms with van der Waals surface area (Å²) in [5, 5.41) is 4.98. The number of hydrogen-bond donors (Lipinski definition) is 0. The van der Waals surface area contributed by atoms with Gasteiger partial charge in [0.25, 0.3) is 5.56 Å². The zero-order valence-electron chi connectivity index (χ0n) is 16.6. The summed E-state index contributed by atoms with van der Waals surface area (Å²) >= 11 is 7.18. The summed E-state index contributed by atoms with van der Waals surface area (Å²) < 4.78 is 12.8. The molecule has 0 aliphatic rings. The minimum Gasteiger partial charge on any atom is -0.493 e. The molecule has 0 unspecified atom stereocenters. The minimum atomic E-state index is -0.218. The average molecular weight is 452 g/mol. The lowest BCUT2D eigenvalue weighted by molar-refractivity contribution is 0.326. The van der Waals surface area contributed by atoms with E-state index in [0.29, 0.717) is 38.4 Å². The Morgan fingerprint density at radius 1 is 1.13 bits per heavy atom. The first-order chi connectivity index (χ1) is 15.1. The third kappa shape index (κ3) is 4.68. The van der Waals surface area contributed by atoms with Crippen molar-refractivity contribution in [3.8, 4) is 11.5 Å². The third-order valence-electron chi connectivity index (χ3n) is 4.34. The van der Waals surface area contributed by atoms with Gasteiger partial charge in [-0.25, -0.2) is 0 Å². The molecule has 8 heteroatoms. The van der Waals surface area contributed by atoms with Gasteiger partial charge >= 0.3 is 0 Å². The molecule has 2 aromatic carbocycles. The maximum atomic E-state index is 12.8. The number of benzene rings is 2. The van der Waals surface area contributed by atoms with Gasteiger partial charge in [-0.05, 0) is 47.5 Å². The maximum absolute atomic E-state index is 12.8. The smallest absolute Gasteiger partial charge is 0.291 e. The van der Waals surface area contributed by atoms with Crippen molar-refractivity contribution in [1.82, 2.24) is 14.6 Å². The SMILES string of the molecule is C=CCOc1ccc(/C=c2/sc3nc(/C=C/c4ccc(Cl)cc4)nn3c2=O)cc1OC. The molecule has 4 aromatic rings. The van der Waals surface area contributed by atoms with E-state index in [-0.39, 0.29) is 5.56 Å². The number of aromatic nitrogens is 3. The van der Waals surface area contributed by atoms with Crippen molar-refractivity contribution in [3.63, 3.8) is 0 Å². The first-order valence-electron chi connectivity index (χ1n) is 9.34. The fourth-order valence-corrected chi connectivity index (χ4v) is 3.90.